The Labute approximate surface area is 125 Å². The van der Waals surface area contributed by atoms with Gasteiger partial charge in [-0.15, -0.1) is 0 Å². The molecule has 0 aliphatic carbocycles. The van der Waals surface area contributed by atoms with Crippen LogP contribution in [0.15, 0.2) is 0 Å². The van der Waals surface area contributed by atoms with E-state index in [1.807, 2.05) is 0 Å². The maximum atomic E-state index is 11.1. The van der Waals surface area contributed by atoms with E-state index in [4.69, 9.17) is 0 Å². The fourth-order valence-corrected chi connectivity index (χ4v) is 3.61. The van der Waals surface area contributed by atoms with Gasteiger partial charge in [-0.25, -0.2) is 4.98 Å². The smallest absolute Gasteiger partial charge is 0.186 e. The van der Waals surface area contributed by atoms with Gasteiger partial charge in [-0.05, 0) is 12.3 Å². The van der Waals surface area contributed by atoms with Crippen molar-refractivity contribution in [2.24, 2.45) is 5.92 Å². The molecule has 1 aromatic rings. The molecule has 2 rings (SSSR count). The molecule has 0 aromatic carbocycles. The highest BCUT2D eigenvalue weighted by Gasteiger charge is 2.21. The summed E-state index contributed by atoms with van der Waals surface area (Å²) in [6.45, 7) is 12.1. The molecule has 1 saturated heterocycles. The van der Waals surface area contributed by atoms with Crippen LogP contribution in [-0.4, -0.2) is 48.9 Å². The second kappa shape index (κ2) is 7.18. The second-order valence-electron chi connectivity index (χ2n) is 5.86. The summed E-state index contributed by atoms with van der Waals surface area (Å²) in [7, 11) is 0. The van der Waals surface area contributed by atoms with Crippen LogP contribution in [0.1, 0.15) is 42.6 Å². The summed E-state index contributed by atoms with van der Waals surface area (Å²) in [6.07, 6.45) is 2.89. The topological polar surface area (TPSA) is 36.4 Å². The molecule has 20 heavy (non-hydrogen) atoms. The monoisotopic (exact) mass is 295 g/mol. The summed E-state index contributed by atoms with van der Waals surface area (Å²) in [6, 6.07) is 0. The summed E-state index contributed by atoms with van der Waals surface area (Å²) in [5, 5.41) is 1.03. The van der Waals surface area contributed by atoms with Crippen molar-refractivity contribution in [2.45, 2.75) is 33.6 Å². The molecule has 0 N–H and O–H groups in total. The number of carbonyl (C=O) groups excluding carboxylic acids is 1. The van der Waals surface area contributed by atoms with Gasteiger partial charge in [0.05, 0.1) is 10.6 Å². The van der Waals surface area contributed by atoms with Crippen molar-refractivity contribution in [3.63, 3.8) is 0 Å². The molecule has 0 spiro atoms. The lowest BCUT2D eigenvalue weighted by atomic mass is 10.2. The number of aromatic nitrogens is 1. The number of thiazole rings is 1. The summed E-state index contributed by atoms with van der Waals surface area (Å²) in [5.74, 6) is 0.722. The lowest BCUT2D eigenvalue weighted by Gasteiger charge is -2.35. The van der Waals surface area contributed by atoms with Crippen LogP contribution in [0.25, 0.3) is 0 Å². The van der Waals surface area contributed by atoms with Crippen molar-refractivity contribution < 1.29 is 4.79 Å². The highest BCUT2D eigenvalue weighted by atomic mass is 32.1. The first-order chi connectivity index (χ1) is 9.63. The number of anilines is 1. The predicted molar refractivity (Wildman–Crippen MR) is 85.0 cm³/mol. The van der Waals surface area contributed by atoms with E-state index in [0.29, 0.717) is 0 Å². The first-order valence-corrected chi connectivity index (χ1v) is 8.37. The maximum absolute atomic E-state index is 11.1. The molecule has 1 fully saturated rings. The third kappa shape index (κ3) is 3.79. The Hall–Kier alpha value is -0.940. The van der Waals surface area contributed by atoms with E-state index in [-0.39, 0.29) is 0 Å². The molecule has 0 radical (unpaired) electrons. The van der Waals surface area contributed by atoms with Crippen LogP contribution in [0.4, 0.5) is 5.13 Å². The molecule has 5 heteroatoms. The zero-order chi connectivity index (χ0) is 14.5. The quantitative estimate of drug-likeness (QED) is 0.756. The number of aldehydes is 1. The Morgan fingerprint density at radius 1 is 1.30 bits per heavy atom. The Bertz CT molecular complexity index is 436. The highest BCUT2D eigenvalue weighted by molar-refractivity contribution is 7.17. The van der Waals surface area contributed by atoms with Gasteiger partial charge in [0.15, 0.2) is 11.4 Å². The molecule has 0 atom stereocenters. The zero-order valence-electron chi connectivity index (χ0n) is 12.8. The van der Waals surface area contributed by atoms with Gasteiger partial charge in [-0.1, -0.05) is 38.5 Å². The van der Waals surface area contributed by atoms with Crippen molar-refractivity contribution >= 4 is 22.8 Å². The molecule has 0 bridgehead atoms. The minimum atomic E-state index is 0.722. The van der Waals surface area contributed by atoms with Crippen LogP contribution in [-0.2, 0) is 6.42 Å². The average molecular weight is 295 g/mol. The van der Waals surface area contributed by atoms with Crippen LogP contribution in [0.2, 0.25) is 0 Å². The molecule has 0 unspecified atom stereocenters. The number of carbonyl (C=O) groups is 1. The molecular weight excluding hydrogens is 270 g/mol. The van der Waals surface area contributed by atoms with Crippen molar-refractivity contribution in [3.05, 3.63) is 10.6 Å². The SMILES string of the molecule is CCCc1nc(N2CCN(CC(C)C)CC2)sc1C=O. The maximum Gasteiger partial charge on any atom is 0.186 e. The lowest BCUT2D eigenvalue weighted by Crippen LogP contribution is -2.47. The van der Waals surface area contributed by atoms with Crippen LogP contribution in [0.3, 0.4) is 0 Å². The van der Waals surface area contributed by atoms with E-state index in [1.54, 1.807) is 11.3 Å². The molecule has 2 heterocycles. The molecular formula is C15H25N3OS. The van der Waals surface area contributed by atoms with Gasteiger partial charge >= 0.3 is 0 Å². The van der Waals surface area contributed by atoms with Crippen molar-refractivity contribution in [3.8, 4) is 0 Å². The molecule has 0 amide bonds. The van der Waals surface area contributed by atoms with E-state index < -0.39 is 0 Å². The number of aryl methyl sites for hydroxylation is 1. The Kier molecular flexibility index (Phi) is 5.54. The van der Waals surface area contributed by atoms with E-state index in [9.17, 15) is 4.79 Å². The van der Waals surface area contributed by atoms with Gasteiger partial charge in [-0.3, -0.25) is 9.69 Å². The minimum Gasteiger partial charge on any atom is -0.346 e. The number of nitrogens with zero attached hydrogens (tertiary/aromatic N) is 3. The third-order valence-electron chi connectivity index (χ3n) is 3.58. The fourth-order valence-electron chi connectivity index (χ4n) is 2.63. The van der Waals surface area contributed by atoms with Gasteiger partial charge in [0.1, 0.15) is 0 Å². The van der Waals surface area contributed by atoms with Crippen molar-refractivity contribution in [2.75, 3.05) is 37.6 Å². The first-order valence-electron chi connectivity index (χ1n) is 7.56. The van der Waals surface area contributed by atoms with Gasteiger partial charge in [0.2, 0.25) is 0 Å². The standard InChI is InChI=1S/C15H25N3OS/c1-4-5-13-14(11-19)20-15(16-13)18-8-6-17(7-9-18)10-12(2)3/h11-12H,4-10H2,1-3H3. The summed E-state index contributed by atoms with van der Waals surface area (Å²) in [5.41, 5.74) is 0.979. The molecule has 112 valence electrons. The predicted octanol–water partition coefficient (Wildman–Crippen LogP) is 2.69. The van der Waals surface area contributed by atoms with E-state index in [2.05, 4.69) is 35.6 Å². The van der Waals surface area contributed by atoms with Gasteiger partial charge in [0, 0.05) is 32.7 Å². The van der Waals surface area contributed by atoms with Gasteiger partial charge in [0.25, 0.3) is 0 Å². The lowest BCUT2D eigenvalue weighted by molar-refractivity contribution is 0.112. The van der Waals surface area contributed by atoms with Crippen LogP contribution < -0.4 is 4.90 Å². The van der Waals surface area contributed by atoms with E-state index >= 15 is 0 Å². The number of hydrogen-bond acceptors (Lipinski definition) is 5. The molecule has 1 aliphatic heterocycles. The summed E-state index contributed by atoms with van der Waals surface area (Å²) >= 11 is 1.55. The zero-order valence-corrected chi connectivity index (χ0v) is 13.6. The fraction of sp³-hybridized carbons (Fsp3) is 0.733. The normalized spacial score (nSPS) is 16.9. The average Bonchev–Trinajstić information content (AvgIpc) is 2.82. The Morgan fingerprint density at radius 3 is 2.55 bits per heavy atom. The number of hydrogen-bond donors (Lipinski definition) is 0. The van der Waals surface area contributed by atoms with Gasteiger partial charge < -0.3 is 4.90 Å². The highest BCUT2D eigenvalue weighted by Crippen LogP contribution is 2.27. The van der Waals surface area contributed by atoms with E-state index in [0.717, 1.165) is 66.9 Å². The molecule has 1 aliphatic rings. The molecule has 4 nitrogen and oxygen atoms in total. The number of piperazine rings is 1. The van der Waals surface area contributed by atoms with Crippen LogP contribution in [0, 0.1) is 5.92 Å². The first kappa shape index (κ1) is 15.4. The Morgan fingerprint density at radius 2 is 2.00 bits per heavy atom. The van der Waals surface area contributed by atoms with E-state index in [1.165, 1.54) is 6.54 Å². The minimum absolute atomic E-state index is 0.722. The largest absolute Gasteiger partial charge is 0.346 e. The van der Waals surface area contributed by atoms with Crippen molar-refractivity contribution in [1.29, 1.82) is 0 Å². The third-order valence-corrected chi connectivity index (χ3v) is 4.66. The second-order valence-corrected chi connectivity index (χ2v) is 6.87. The van der Waals surface area contributed by atoms with Crippen molar-refractivity contribution in [1.82, 2.24) is 9.88 Å². The number of rotatable bonds is 6. The van der Waals surface area contributed by atoms with Gasteiger partial charge in [-0.2, -0.15) is 0 Å². The summed E-state index contributed by atoms with van der Waals surface area (Å²) in [4.78, 5) is 21.4. The summed E-state index contributed by atoms with van der Waals surface area (Å²) < 4.78 is 0. The Balaban J connectivity index is 1.98. The molecule has 1 aromatic heterocycles. The van der Waals surface area contributed by atoms with Crippen LogP contribution in [0.5, 0.6) is 0 Å². The van der Waals surface area contributed by atoms with Crippen LogP contribution >= 0.6 is 11.3 Å². The molecule has 0 saturated carbocycles.